The molecule has 184 valence electrons. The third-order valence-electron chi connectivity index (χ3n) is 7.41. The molecule has 0 bridgehead atoms. The summed E-state index contributed by atoms with van der Waals surface area (Å²) in [5.41, 5.74) is 0.463. The van der Waals surface area contributed by atoms with E-state index in [0.717, 1.165) is 57.7 Å². The number of rotatable bonds is 7. The van der Waals surface area contributed by atoms with Gasteiger partial charge in [-0.25, -0.2) is 9.78 Å². The number of piperazine rings is 1. The standard InChI is InChI=1S/C27H32N4O4/c32-25-22-10-4-5-11-23(22)26(33)31(25)19-21(35-27(34)20-8-2-1-3-9-20)18-29-14-16-30(17-15-29)24-12-6-7-13-28-24/h1-3,6-9,12-13,21-23H,4-5,10-11,14-19H2. The number of pyridine rings is 1. The summed E-state index contributed by atoms with van der Waals surface area (Å²) in [4.78, 5) is 49.3. The van der Waals surface area contributed by atoms with E-state index in [9.17, 15) is 14.4 Å². The number of amides is 2. The fraction of sp³-hybridized carbons (Fsp3) is 0.481. The van der Waals surface area contributed by atoms with Crippen molar-refractivity contribution in [1.29, 1.82) is 0 Å². The van der Waals surface area contributed by atoms with Gasteiger partial charge in [0.25, 0.3) is 0 Å². The van der Waals surface area contributed by atoms with Crippen LogP contribution < -0.4 is 4.90 Å². The van der Waals surface area contributed by atoms with E-state index < -0.39 is 12.1 Å². The summed E-state index contributed by atoms with van der Waals surface area (Å²) >= 11 is 0. The number of carbonyl (C=O) groups excluding carboxylic acids is 3. The molecule has 1 aliphatic carbocycles. The van der Waals surface area contributed by atoms with Gasteiger partial charge in [-0.15, -0.1) is 0 Å². The minimum absolute atomic E-state index is 0.0968. The average Bonchev–Trinajstić information content (AvgIpc) is 3.15. The second-order valence-electron chi connectivity index (χ2n) is 9.65. The van der Waals surface area contributed by atoms with Gasteiger partial charge in [0.05, 0.1) is 23.9 Å². The summed E-state index contributed by atoms with van der Waals surface area (Å²) < 4.78 is 5.91. The molecule has 3 heterocycles. The number of fused-ring (bicyclic) bond motifs is 1. The van der Waals surface area contributed by atoms with Gasteiger partial charge in [0, 0.05) is 38.9 Å². The lowest BCUT2D eigenvalue weighted by Crippen LogP contribution is -2.51. The van der Waals surface area contributed by atoms with Gasteiger partial charge in [-0.05, 0) is 37.1 Å². The number of aromatic nitrogens is 1. The number of esters is 1. The SMILES string of the molecule is O=C(OC(CN1CCN(c2ccccn2)CC1)CN1C(=O)C2CCCCC2C1=O)c1ccccc1. The third kappa shape index (κ3) is 5.22. The van der Waals surface area contributed by atoms with Gasteiger partial charge >= 0.3 is 5.97 Å². The highest BCUT2D eigenvalue weighted by Gasteiger charge is 2.48. The topological polar surface area (TPSA) is 83.1 Å². The van der Waals surface area contributed by atoms with Gasteiger partial charge in [-0.2, -0.15) is 0 Å². The molecule has 2 saturated heterocycles. The van der Waals surface area contributed by atoms with Crippen molar-refractivity contribution in [2.24, 2.45) is 11.8 Å². The van der Waals surface area contributed by atoms with E-state index in [2.05, 4.69) is 14.8 Å². The van der Waals surface area contributed by atoms with Crippen molar-refractivity contribution in [1.82, 2.24) is 14.8 Å². The van der Waals surface area contributed by atoms with Crippen molar-refractivity contribution in [3.63, 3.8) is 0 Å². The molecule has 8 heteroatoms. The van der Waals surface area contributed by atoms with Crippen LogP contribution in [0.4, 0.5) is 5.82 Å². The number of hydrogen-bond donors (Lipinski definition) is 0. The zero-order valence-electron chi connectivity index (χ0n) is 19.9. The Bertz CT molecular complexity index is 1020. The molecule has 3 unspecified atom stereocenters. The molecular formula is C27H32N4O4. The minimum Gasteiger partial charge on any atom is -0.455 e. The fourth-order valence-electron chi connectivity index (χ4n) is 5.53. The van der Waals surface area contributed by atoms with Crippen molar-refractivity contribution >= 4 is 23.6 Å². The Kier molecular flexibility index (Phi) is 7.08. The number of imide groups is 1. The maximum atomic E-state index is 13.1. The van der Waals surface area contributed by atoms with Gasteiger partial charge in [-0.1, -0.05) is 37.1 Å². The van der Waals surface area contributed by atoms with Crippen LogP contribution in [-0.2, 0) is 14.3 Å². The molecule has 1 saturated carbocycles. The van der Waals surface area contributed by atoms with E-state index >= 15 is 0 Å². The molecule has 5 rings (SSSR count). The van der Waals surface area contributed by atoms with Crippen LogP contribution in [-0.4, -0.2) is 77.9 Å². The van der Waals surface area contributed by atoms with Gasteiger partial charge in [0.1, 0.15) is 11.9 Å². The third-order valence-corrected chi connectivity index (χ3v) is 7.41. The summed E-state index contributed by atoms with van der Waals surface area (Å²) in [7, 11) is 0. The molecule has 35 heavy (non-hydrogen) atoms. The number of anilines is 1. The average molecular weight is 477 g/mol. The fourth-order valence-corrected chi connectivity index (χ4v) is 5.53. The second kappa shape index (κ2) is 10.6. The number of ether oxygens (including phenoxy) is 1. The molecule has 0 spiro atoms. The first-order valence-corrected chi connectivity index (χ1v) is 12.6. The predicted octanol–water partition coefficient (Wildman–Crippen LogP) is 2.60. The van der Waals surface area contributed by atoms with Crippen LogP contribution in [0.3, 0.4) is 0 Å². The van der Waals surface area contributed by atoms with Gasteiger partial charge < -0.3 is 9.64 Å². The quantitative estimate of drug-likeness (QED) is 0.449. The lowest BCUT2D eigenvalue weighted by Gasteiger charge is -2.37. The minimum atomic E-state index is -0.586. The Morgan fingerprint density at radius 2 is 1.54 bits per heavy atom. The molecule has 3 fully saturated rings. The lowest BCUT2D eigenvalue weighted by atomic mass is 9.81. The number of carbonyl (C=O) groups is 3. The summed E-state index contributed by atoms with van der Waals surface area (Å²) in [6, 6.07) is 14.7. The highest BCUT2D eigenvalue weighted by molar-refractivity contribution is 6.05. The monoisotopic (exact) mass is 476 g/mol. The molecule has 2 amide bonds. The normalized spacial score (nSPS) is 23.8. The van der Waals surface area contributed by atoms with Crippen LogP contribution in [0.25, 0.3) is 0 Å². The van der Waals surface area contributed by atoms with Crippen molar-refractivity contribution in [2.45, 2.75) is 31.8 Å². The molecule has 0 radical (unpaired) electrons. The van der Waals surface area contributed by atoms with E-state index in [0.29, 0.717) is 12.1 Å². The molecular weight excluding hydrogens is 444 g/mol. The Labute approximate surface area is 205 Å². The number of nitrogens with zero attached hydrogens (tertiary/aromatic N) is 4. The van der Waals surface area contributed by atoms with E-state index in [1.165, 1.54) is 4.90 Å². The first kappa shape index (κ1) is 23.5. The van der Waals surface area contributed by atoms with E-state index in [4.69, 9.17) is 4.74 Å². The van der Waals surface area contributed by atoms with Crippen molar-refractivity contribution in [2.75, 3.05) is 44.2 Å². The first-order valence-electron chi connectivity index (χ1n) is 12.6. The summed E-state index contributed by atoms with van der Waals surface area (Å²) in [6.45, 7) is 3.76. The smallest absolute Gasteiger partial charge is 0.338 e. The predicted molar refractivity (Wildman–Crippen MR) is 131 cm³/mol. The zero-order chi connectivity index (χ0) is 24.2. The van der Waals surface area contributed by atoms with Gasteiger partial charge in [-0.3, -0.25) is 19.4 Å². The van der Waals surface area contributed by atoms with Crippen molar-refractivity contribution in [3.05, 3.63) is 60.3 Å². The number of benzene rings is 1. The second-order valence-corrected chi connectivity index (χ2v) is 9.65. The van der Waals surface area contributed by atoms with Crippen LogP contribution in [0.5, 0.6) is 0 Å². The Balaban J connectivity index is 1.27. The molecule has 2 aromatic rings. The maximum Gasteiger partial charge on any atom is 0.338 e. The summed E-state index contributed by atoms with van der Waals surface area (Å²) in [6.07, 6.45) is 4.73. The van der Waals surface area contributed by atoms with Crippen molar-refractivity contribution in [3.8, 4) is 0 Å². The van der Waals surface area contributed by atoms with Crippen molar-refractivity contribution < 1.29 is 19.1 Å². The number of likely N-dealkylation sites (tertiary alicyclic amines) is 1. The molecule has 2 aliphatic heterocycles. The highest BCUT2D eigenvalue weighted by atomic mass is 16.5. The molecule has 0 N–H and O–H groups in total. The Morgan fingerprint density at radius 3 is 2.17 bits per heavy atom. The number of hydrogen-bond acceptors (Lipinski definition) is 7. The van der Waals surface area contributed by atoms with E-state index in [-0.39, 0.29) is 30.2 Å². The summed E-state index contributed by atoms with van der Waals surface area (Å²) in [5, 5.41) is 0. The molecule has 8 nitrogen and oxygen atoms in total. The lowest BCUT2D eigenvalue weighted by molar-refractivity contribution is -0.141. The van der Waals surface area contributed by atoms with Crippen LogP contribution in [0.15, 0.2) is 54.7 Å². The zero-order valence-corrected chi connectivity index (χ0v) is 19.9. The van der Waals surface area contributed by atoms with Crippen LogP contribution >= 0.6 is 0 Å². The Hall–Kier alpha value is -3.26. The van der Waals surface area contributed by atoms with E-state index in [1.807, 2.05) is 24.3 Å². The Morgan fingerprint density at radius 1 is 0.886 bits per heavy atom. The molecule has 3 atom stereocenters. The first-order chi connectivity index (χ1) is 17.1. The highest BCUT2D eigenvalue weighted by Crippen LogP contribution is 2.38. The largest absolute Gasteiger partial charge is 0.455 e. The molecule has 3 aliphatic rings. The summed E-state index contributed by atoms with van der Waals surface area (Å²) in [5.74, 6) is -0.0811. The van der Waals surface area contributed by atoms with Crippen LogP contribution in [0.1, 0.15) is 36.0 Å². The molecule has 1 aromatic carbocycles. The van der Waals surface area contributed by atoms with Gasteiger partial charge in [0.15, 0.2) is 0 Å². The van der Waals surface area contributed by atoms with Crippen LogP contribution in [0, 0.1) is 11.8 Å². The van der Waals surface area contributed by atoms with E-state index in [1.54, 1.807) is 30.5 Å². The van der Waals surface area contributed by atoms with Gasteiger partial charge in [0.2, 0.25) is 11.8 Å². The molecule has 1 aromatic heterocycles. The maximum absolute atomic E-state index is 13.1. The van der Waals surface area contributed by atoms with Crippen LogP contribution in [0.2, 0.25) is 0 Å².